The zero-order valence-corrected chi connectivity index (χ0v) is 21.3. The van der Waals surface area contributed by atoms with E-state index in [1.54, 1.807) is 6.92 Å². The highest BCUT2D eigenvalue weighted by atomic mass is 28.4. The first-order valence-electron chi connectivity index (χ1n) is 11.8. The van der Waals surface area contributed by atoms with Crippen LogP contribution in [0, 0.1) is 11.8 Å². The first-order valence-corrected chi connectivity index (χ1v) is 14.7. The van der Waals surface area contributed by atoms with Crippen molar-refractivity contribution in [1.82, 2.24) is 0 Å². The van der Waals surface area contributed by atoms with E-state index in [0.717, 1.165) is 37.9 Å². The molecule has 4 nitrogen and oxygen atoms in total. The molecule has 0 N–H and O–H groups in total. The Labute approximate surface area is 184 Å². The van der Waals surface area contributed by atoms with E-state index in [1.165, 1.54) is 11.1 Å². The highest BCUT2D eigenvalue weighted by molar-refractivity contribution is 6.74. The SMILES string of the molecule is CCOC1=C2[C@H]([C@H]3O[C@@H]2C/C(C)=C/CC[C@@H]3O[Si](C)(C)C(C)(C)C)[C@@H](C(C)=O)CC1. The molecule has 170 valence electrons. The van der Waals surface area contributed by atoms with Crippen molar-refractivity contribution in [1.29, 1.82) is 0 Å². The summed E-state index contributed by atoms with van der Waals surface area (Å²) in [5.41, 5.74) is 2.62. The standard InChI is InChI=1S/C25H42O4Si/c1-9-27-19-14-13-18(17(3)26)22-23(19)21-15-16(2)11-10-12-20(24(22)28-21)29-30(7,8)25(4,5)6/h11,18,20-22,24H,9-10,12-15H2,1-8H3/b16-11+/t18-,20+,21-,22-,24+/m1/s1. The van der Waals surface area contributed by atoms with Crippen molar-refractivity contribution in [3.63, 3.8) is 0 Å². The molecular weight excluding hydrogens is 392 g/mol. The van der Waals surface area contributed by atoms with Crippen LogP contribution in [0.2, 0.25) is 18.1 Å². The van der Waals surface area contributed by atoms with Crippen LogP contribution in [0.15, 0.2) is 23.0 Å². The Morgan fingerprint density at radius 3 is 2.57 bits per heavy atom. The maximum absolute atomic E-state index is 12.7. The zero-order valence-electron chi connectivity index (χ0n) is 20.3. The van der Waals surface area contributed by atoms with Crippen molar-refractivity contribution in [3.05, 3.63) is 23.0 Å². The fourth-order valence-electron chi connectivity index (χ4n) is 5.14. The van der Waals surface area contributed by atoms with Gasteiger partial charge in [0.25, 0.3) is 0 Å². The Balaban J connectivity index is 2.06. The average Bonchev–Trinajstić information content (AvgIpc) is 3.01. The normalized spacial score (nSPS) is 34.4. The number of Topliss-reactive ketones (excluding diaryl/α,β-unsaturated/α-hetero) is 1. The number of hydrogen-bond acceptors (Lipinski definition) is 4. The Bertz CT molecular complexity index is 715. The third-order valence-electron chi connectivity index (χ3n) is 7.73. The number of carbonyl (C=O) groups excluding carboxylic acids is 1. The van der Waals surface area contributed by atoms with Gasteiger partial charge in [-0.05, 0) is 64.6 Å². The summed E-state index contributed by atoms with van der Waals surface area (Å²) in [6.07, 6.45) is 6.84. The molecule has 1 aliphatic carbocycles. The predicted molar refractivity (Wildman–Crippen MR) is 124 cm³/mol. The van der Waals surface area contributed by atoms with E-state index >= 15 is 0 Å². The van der Waals surface area contributed by atoms with Crippen LogP contribution in [0.25, 0.3) is 0 Å². The molecule has 0 spiro atoms. The molecular formula is C25H42O4Si. The fraction of sp³-hybridized carbons (Fsp3) is 0.800. The van der Waals surface area contributed by atoms with E-state index in [-0.39, 0.29) is 41.0 Å². The number of hydrogen-bond donors (Lipinski definition) is 0. The van der Waals surface area contributed by atoms with Gasteiger partial charge in [-0.1, -0.05) is 32.4 Å². The minimum atomic E-state index is -1.97. The molecule has 2 heterocycles. The Hall–Kier alpha value is -0.913. The van der Waals surface area contributed by atoms with Gasteiger partial charge in [0.1, 0.15) is 5.78 Å². The van der Waals surface area contributed by atoms with Crippen LogP contribution in [0.4, 0.5) is 0 Å². The summed E-state index contributed by atoms with van der Waals surface area (Å²) in [6, 6.07) is 0. The molecule has 5 atom stereocenters. The lowest BCUT2D eigenvalue weighted by Gasteiger charge is -2.42. The summed E-state index contributed by atoms with van der Waals surface area (Å²) in [7, 11) is -1.97. The van der Waals surface area contributed by atoms with Crippen molar-refractivity contribution < 1.29 is 18.7 Å². The monoisotopic (exact) mass is 434 g/mol. The van der Waals surface area contributed by atoms with Crippen LogP contribution in [0.5, 0.6) is 0 Å². The van der Waals surface area contributed by atoms with Crippen molar-refractivity contribution in [2.75, 3.05) is 6.61 Å². The van der Waals surface area contributed by atoms with Gasteiger partial charge in [-0.25, -0.2) is 0 Å². The van der Waals surface area contributed by atoms with E-state index in [4.69, 9.17) is 13.9 Å². The number of allylic oxidation sites excluding steroid dienone is 2. The molecule has 0 saturated carbocycles. The van der Waals surface area contributed by atoms with Gasteiger partial charge in [0.2, 0.25) is 0 Å². The predicted octanol–water partition coefficient (Wildman–Crippen LogP) is 6.18. The topological polar surface area (TPSA) is 44.8 Å². The molecule has 1 saturated heterocycles. The van der Waals surface area contributed by atoms with E-state index in [2.05, 4.69) is 46.9 Å². The molecule has 0 aromatic carbocycles. The number of fused-ring (bicyclic) bond motifs is 5. The third kappa shape index (κ3) is 4.63. The maximum atomic E-state index is 12.7. The van der Waals surface area contributed by atoms with Gasteiger partial charge in [-0.15, -0.1) is 0 Å². The molecule has 2 aliphatic heterocycles. The number of rotatable bonds is 5. The minimum absolute atomic E-state index is 0.00330. The first kappa shape index (κ1) is 23.7. The lowest BCUT2D eigenvalue weighted by molar-refractivity contribution is -0.124. The highest BCUT2D eigenvalue weighted by Gasteiger charge is 2.53. The van der Waals surface area contributed by atoms with Crippen LogP contribution < -0.4 is 0 Å². The highest BCUT2D eigenvalue weighted by Crippen LogP contribution is 2.50. The molecule has 0 amide bonds. The Kier molecular flexibility index (Phi) is 7.05. The van der Waals surface area contributed by atoms with E-state index in [9.17, 15) is 4.79 Å². The molecule has 0 radical (unpaired) electrons. The smallest absolute Gasteiger partial charge is 0.192 e. The van der Waals surface area contributed by atoms with E-state index in [1.807, 2.05) is 6.92 Å². The molecule has 3 rings (SSSR count). The van der Waals surface area contributed by atoms with Crippen molar-refractivity contribution in [3.8, 4) is 0 Å². The molecule has 2 bridgehead atoms. The zero-order chi connectivity index (χ0) is 22.3. The third-order valence-corrected chi connectivity index (χ3v) is 12.2. The summed E-state index contributed by atoms with van der Waals surface area (Å²) in [5.74, 6) is 1.45. The second kappa shape index (κ2) is 8.91. The van der Waals surface area contributed by atoms with Gasteiger partial charge in [-0.2, -0.15) is 0 Å². The summed E-state index contributed by atoms with van der Waals surface area (Å²) in [4.78, 5) is 12.7. The summed E-state index contributed by atoms with van der Waals surface area (Å²) in [6.45, 7) is 18.1. The largest absolute Gasteiger partial charge is 0.498 e. The van der Waals surface area contributed by atoms with E-state index in [0.29, 0.717) is 6.61 Å². The number of ketones is 1. The van der Waals surface area contributed by atoms with Crippen LogP contribution in [0.3, 0.4) is 0 Å². The molecule has 30 heavy (non-hydrogen) atoms. The summed E-state index contributed by atoms with van der Waals surface area (Å²) >= 11 is 0. The van der Waals surface area contributed by atoms with Gasteiger partial charge < -0.3 is 13.9 Å². The first-order chi connectivity index (χ1) is 14.0. The fourth-order valence-corrected chi connectivity index (χ4v) is 6.50. The number of ether oxygens (including phenoxy) is 2. The molecule has 0 unspecified atom stereocenters. The van der Waals surface area contributed by atoms with Crippen molar-refractivity contribution >= 4 is 14.1 Å². The van der Waals surface area contributed by atoms with E-state index < -0.39 is 8.32 Å². The van der Waals surface area contributed by atoms with Crippen molar-refractivity contribution in [2.45, 2.75) is 110 Å². The molecule has 0 aromatic rings. The maximum Gasteiger partial charge on any atom is 0.192 e. The summed E-state index contributed by atoms with van der Waals surface area (Å²) < 4.78 is 19.9. The van der Waals surface area contributed by atoms with Crippen molar-refractivity contribution in [2.24, 2.45) is 11.8 Å². The Morgan fingerprint density at radius 1 is 1.27 bits per heavy atom. The second-order valence-corrected chi connectivity index (χ2v) is 15.7. The molecule has 3 aliphatic rings. The van der Waals surface area contributed by atoms with Gasteiger partial charge in [0, 0.05) is 23.8 Å². The Morgan fingerprint density at radius 2 is 1.97 bits per heavy atom. The van der Waals surface area contributed by atoms with Crippen LogP contribution in [-0.2, 0) is 18.7 Å². The van der Waals surface area contributed by atoms with Gasteiger partial charge in [-0.3, -0.25) is 4.79 Å². The number of carbonyl (C=O) groups is 1. The average molecular weight is 435 g/mol. The van der Waals surface area contributed by atoms with Crippen LogP contribution in [-0.4, -0.2) is 39.0 Å². The second-order valence-electron chi connectivity index (χ2n) is 10.9. The lowest BCUT2D eigenvalue weighted by Crippen LogP contribution is -2.49. The van der Waals surface area contributed by atoms with Gasteiger partial charge >= 0.3 is 0 Å². The quantitative estimate of drug-likeness (QED) is 0.383. The lowest BCUT2D eigenvalue weighted by atomic mass is 9.71. The molecule has 5 heteroatoms. The minimum Gasteiger partial charge on any atom is -0.498 e. The van der Waals surface area contributed by atoms with Crippen LogP contribution in [0.1, 0.15) is 73.6 Å². The van der Waals surface area contributed by atoms with Crippen LogP contribution >= 0.6 is 0 Å². The van der Waals surface area contributed by atoms with Gasteiger partial charge in [0.05, 0.1) is 30.7 Å². The van der Waals surface area contributed by atoms with Gasteiger partial charge in [0.15, 0.2) is 8.32 Å². The summed E-state index contributed by atoms with van der Waals surface area (Å²) in [5, 5.41) is 0.136. The molecule has 0 aromatic heterocycles. The molecule has 1 fully saturated rings.